The summed E-state index contributed by atoms with van der Waals surface area (Å²) in [4.78, 5) is 12.6. The van der Waals surface area contributed by atoms with Crippen molar-refractivity contribution in [1.82, 2.24) is 10.2 Å². The molecule has 0 saturated heterocycles. The summed E-state index contributed by atoms with van der Waals surface area (Å²) in [6.45, 7) is 6.81. The lowest BCUT2D eigenvalue weighted by Gasteiger charge is -2.15. The number of rotatable bonds is 12. The van der Waals surface area contributed by atoms with Crippen molar-refractivity contribution in [3.63, 3.8) is 0 Å². The Morgan fingerprint density at radius 2 is 1.97 bits per heavy atom. The number of halogens is 1. The van der Waals surface area contributed by atoms with Crippen LogP contribution in [0.5, 0.6) is 17.2 Å². The van der Waals surface area contributed by atoms with Gasteiger partial charge in [0.05, 0.1) is 11.6 Å². The van der Waals surface area contributed by atoms with Gasteiger partial charge in [0.15, 0.2) is 11.5 Å². The second-order valence-corrected chi connectivity index (χ2v) is 9.12. The van der Waals surface area contributed by atoms with Gasteiger partial charge in [-0.1, -0.05) is 42.0 Å². The van der Waals surface area contributed by atoms with Gasteiger partial charge in [0.2, 0.25) is 5.13 Å². The average Bonchev–Trinajstić information content (AvgIpc) is 3.28. The van der Waals surface area contributed by atoms with E-state index in [4.69, 9.17) is 25.8 Å². The Bertz CT molecular complexity index is 1270. The van der Waals surface area contributed by atoms with Crippen molar-refractivity contribution in [2.75, 3.05) is 25.1 Å². The lowest BCUT2D eigenvalue weighted by atomic mass is 10.1. The number of anilines is 1. The minimum absolute atomic E-state index is 0.110. The highest BCUT2D eigenvalue weighted by atomic mass is 35.5. The van der Waals surface area contributed by atoms with Crippen LogP contribution < -0.4 is 19.5 Å². The van der Waals surface area contributed by atoms with Gasteiger partial charge in [-0.15, -0.1) is 10.2 Å². The SMILES string of the molecule is CCCc1nnc(NC(=O)C(C#N)=Cc2cc(Cl)c(OCCOc3cccc(C)c3)c(OCC)c2)s1. The van der Waals surface area contributed by atoms with Crippen LogP contribution in [0.4, 0.5) is 5.13 Å². The lowest BCUT2D eigenvalue weighted by Crippen LogP contribution is -2.13. The van der Waals surface area contributed by atoms with Gasteiger partial charge in [-0.05, 0) is 61.7 Å². The number of ether oxygens (including phenoxy) is 3. The molecular weight excluding hydrogens is 500 g/mol. The van der Waals surface area contributed by atoms with Crippen molar-refractivity contribution in [3.05, 3.63) is 63.1 Å². The first kappa shape index (κ1) is 27.0. The van der Waals surface area contributed by atoms with Crippen LogP contribution in [-0.2, 0) is 11.2 Å². The number of hydrogen-bond acceptors (Lipinski definition) is 8. The van der Waals surface area contributed by atoms with E-state index in [0.29, 0.717) is 35.4 Å². The normalized spacial score (nSPS) is 11.0. The monoisotopic (exact) mass is 526 g/mol. The van der Waals surface area contributed by atoms with E-state index in [1.54, 1.807) is 12.1 Å². The quantitative estimate of drug-likeness (QED) is 0.179. The largest absolute Gasteiger partial charge is 0.490 e. The molecule has 3 rings (SSSR count). The fourth-order valence-corrected chi connectivity index (χ4v) is 4.29. The van der Waals surface area contributed by atoms with E-state index < -0.39 is 5.91 Å². The summed E-state index contributed by atoms with van der Waals surface area (Å²) in [6.07, 6.45) is 3.14. The maximum absolute atomic E-state index is 12.6. The maximum atomic E-state index is 12.6. The van der Waals surface area contributed by atoms with E-state index in [2.05, 4.69) is 15.5 Å². The second-order valence-electron chi connectivity index (χ2n) is 7.65. The number of nitriles is 1. The van der Waals surface area contributed by atoms with Gasteiger partial charge in [-0.3, -0.25) is 10.1 Å². The van der Waals surface area contributed by atoms with Gasteiger partial charge in [-0.25, -0.2) is 0 Å². The number of nitrogens with zero attached hydrogens (tertiary/aromatic N) is 3. The van der Waals surface area contributed by atoms with Crippen molar-refractivity contribution in [2.45, 2.75) is 33.6 Å². The predicted octanol–water partition coefficient (Wildman–Crippen LogP) is 5.85. The Morgan fingerprint density at radius 1 is 1.17 bits per heavy atom. The number of benzene rings is 2. The molecule has 0 fully saturated rings. The number of carbonyl (C=O) groups is 1. The molecule has 0 bridgehead atoms. The van der Waals surface area contributed by atoms with Crippen LogP contribution in [0.15, 0.2) is 42.0 Å². The van der Waals surface area contributed by atoms with Gasteiger partial charge in [0.1, 0.15) is 35.6 Å². The van der Waals surface area contributed by atoms with Crippen LogP contribution in [0.3, 0.4) is 0 Å². The Kier molecular flexibility index (Phi) is 10.1. The third kappa shape index (κ3) is 7.70. The highest BCUT2D eigenvalue weighted by Gasteiger charge is 2.16. The number of nitrogens with one attached hydrogen (secondary N) is 1. The maximum Gasteiger partial charge on any atom is 0.268 e. The first-order valence-corrected chi connectivity index (χ1v) is 12.7. The van der Waals surface area contributed by atoms with Gasteiger partial charge in [0, 0.05) is 6.42 Å². The molecule has 36 heavy (non-hydrogen) atoms. The molecule has 0 spiro atoms. The standard InChI is InChI=1S/C26H27ClN4O4S/c1-4-7-23-30-31-26(36-23)29-25(32)19(16-28)13-18-14-21(27)24(22(15-18)33-5-2)35-11-10-34-20-9-6-8-17(3)12-20/h6,8-9,12-15H,4-5,7,10-11H2,1-3H3,(H,29,31,32). The van der Waals surface area contributed by atoms with Crippen LogP contribution in [0, 0.1) is 18.3 Å². The summed E-state index contributed by atoms with van der Waals surface area (Å²) in [7, 11) is 0. The molecular formula is C26H27ClN4O4S. The van der Waals surface area contributed by atoms with Gasteiger partial charge in [0.25, 0.3) is 5.91 Å². The van der Waals surface area contributed by atoms with Crippen LogP contribution in [0.2, 0.25) is 5.02 Å². The van der Waals surface area contributed by atoms with Crippen molar-refractivity contribution in [3.8, 4) is 23.3 Å². The number of carbonyl (C=O) groups excluding carboxylic acids is 1. The first-order chi connectivity index (χ1) is 17.4. The smallest absolute Gasteiger partial charge is 0.268 e. The van der Waals surface area contributed by atoms with E-state index in [1.807, 2.05) is 51.1 Å². The Hall–Kier alpha value is -3.61. The molecule has 1 N–H and O–H groups in total. The van der Waals surface area contributed by atoms with E-state index in [0.717, 1.165) is 29.2 Å². The van der Waals surface area contributed by atoms with E-state index in [-0.39, 0.29) is 17.2 Å². The third-order valence-corrected chi connectivity index (χ3v) is 5.93. The minimum atomic E-state index is -0.584. The zero-order valence-corrected chi connectivity index (χ0v) is 21.9. The molecule has 188 valence electrons. The summed E-state index contributed by atoms with van der Waals surface area (Å²) < 4.78 is 17.3. The molecule has 8 nitrogen and oxygen atoms in total. The van der Waals surface area contributed by atoms with Crippen LogP contribution in [0.1, 0.15) is 36.4 Å². The Morgan fingerprint density at radius 3 is 2.69 bits per heavy atom. The van der Waals surface area contributed by atoms with Gasteiger partial charge < -0.3 is 14.2 Å². The van der Waals surface area contributed by atoms with E-state index >= 15 is 0 Å². The average molecular weight is 527 g/mol. The van der Waals surface area contributed by atoms with Gasteiger partial charge in [-0.2, -0.15) is 5.26 Å². The predicted molar refractivity (Wildman–Crippen MR) is 141 cm³/mol. The Labute approximate surface area is 219 Å². The zero-order chi connectivity index (χ0) is 25.9. The molecule has 1 heterocycles. The molecule has 1 amide bonds. The number of aryl methyl sites for hydroxylation is 2. The van der Waals surface area contributed by atoms with E-state index in [9.17, 15) is 10.1 Å². The minimum Gasteiger partial charge on any atom is -0.490 e. The zero-order valence-electron chi connectivity index (χ0n) is 20.3. The molecule has 3 aromatic rings. The molecule has 0 atom stereocenters. The Balaban J connectivity index is 1.71. The molecule has 10 heteroatoms. The molecule has 2 aromatic carbocycles. The van der Waals surface area contributed by atoms with Crippen LogP contribution in [0.25, 0.3) is 6.08 Å². The summed E-state index contributed by atoms with van der Waals surface area (Å²) in [6, 6.07) is 12.9. The summed E-state index contributed by atoms with van der Waals surface area (Å²) in [5.41, 5.74) is 1.51. The molecule has 0 unspecified atom stereocenters. The van der Waals surface area contributed by atoms with Crippen LogP contribution >= 0.6 is 22.9 Å². The highest BCUT2D eigenvalue weighted by Crippen LogP contribution is 2.37. The summed E-state index contributed by atoms with van der Waals surface area (Å²) >= 11 is 7.76. The number of amides is 1. The highest BCUT2D eigenvalue weighted by molar-refractivity contribution is 7.15. The van der Waals surface area contributed by atoms with E-state index in [1.165, 1.54) is 17.4 Å². The molecule has 0 saturated carbocycles. The molecule has 0 aliphatic rings. The topological polar surface area (TPSA) is 106 Å². The molecule has 0 radical (unpaired) electrons. The number of aromatic nitrogens is 2. The van der Waals surface area contributed by atoms with Crippen LogP contribution in [-0.4, -0.2) is 35.9 Å². The van der Waals surface area contributed by atoms with Crippen molar-refractivity contribution in [2.24, 2.45) is 0 Å². The molecule has 1 aromatic heterocycles. The molecule has 0 aliphatic heterocycles. The summed E-state index contributed by atoms with van der Waals surface area (Å²) in [5.74, 6) is 0.939. The van der Waals surface area contributed by atoms with Gasteiger partial charge >= 0.3 is 0 Å². The fourth-order valence-electron chi connectivity index (χ4n) is 3.18. The van der Waals surface area contributed by atoms with Crippen molar-refractivity contribution in [1.29, 1.82) is 5.26 Å². The van der Waals surface area contributed by atoms with Crippen molar-refractivity contribution >= 4 is 40.1 Å². The summed E-state index contributed by atoms with van der Waals surface area (Å²) in [5, 5.41) is 21.6. The fraction of sp³-hybridized carbons (Fsp3) is 0.308. The van der Waals surface area contributed by atoms with Crippen molar-refractivity contribution < 1.29 is 19.0 Å². The molecule has 0 aliphatic carbocycles. The third-order valence-electron chi connectivity index (χ3n) is 4.75. The first-order valence-electron chi connectivity index (χ1n) is 11.5. The second kappa shape index (κ2) is 13.5. The number of hydrogen-bond donors (Lipinski definition) is 1. The lowest BCUT2D eigenvalue weighted by molar-refractivity contribution is -0.112.